The van der Waals surface area contributed by atoms with Crippen molar-refractivity contribution in [1.29, 1.82) is 0 Å². The third-order valence-electron chi connectivity index (χ3n) is 2.04. The van der Waals surface area contributed by atoms with Gasteiger partial charge in [-0.25, -0.2) is 4.39 Å². The molecule has 0 amide bonds. The first kappa shape index (κ1) is 11.8. The fourth-order valence-electron chi connectivity index (χ4n) is 1.29. The Morgan fingerprint density at radius 3 is 2.50 bits per heavy atom. The fraction of sp³-hybridized carbons (Fsp3) is 0.400. The van der Waals surface area contributed by atoms with Gasteiger partial charge in [0.1, 0.15) is 5.82 Å². The van der Waals surface area contributed by atoms with Crippen molar-refractivity contribution in [3.8, 4) is 0 Å². The molecule has 0 radical (unpaired) electrons. The molecule has 0 fully saturated rings. The maximum absolute atomic E-state index is 13.4. The minimum atomic E-state index is -0.389. The van der Waals surface area contributed by atoms with E-state index in [1.807, 2.05) is 6.92 Å². The Morgan fingerprint density at radius 2 is 1.93 bits per heavy atom. The lowest BCUT2D eigenvalue weighted by Gasteiger charge is -2.12. The molecular formula is C10H12Cl2FN. The standard InChI is InChI=1S/C10H12Cl2FN/c1-2-3-10(14)6-4-7(11)8(12)5-9(6)13/h4-5,10H,2-3,14H2,1H3. The Hall–Kier alpha value is -0.310. The molecule has 4 heteroatoms. The quantitative estimate of drug-likeness (QED) is 0.790. The number of halogens is 3. The summed E-state index contributed by atoms with van der Waals surface area (Å²) in [5.41, 5.74) is 6.22. The summed E-state index contributed by atoms with van der Waals surface area (Å²) in [7, 11) is 0. The molecule has 0 heterocycles. The van der Waals surface area contributed by atoms with E-state index in [2.05, 4.69) is 0 Å². The number of hydrogen-bond acceptors (Lipinski definition) is 1. The van der Waals surface area contributed by atoms with Gasteiger partial charge in [0.05, 0.1) is 10.0 Å². The van der Waals surface area contributed by atoms with Crippen molar-refractivity contribution in [3.05, 3.63) is 33.6 Å². The summed E-state index contributed by atoms with van der Waals surface area (Å²) in [6, 6.07) is 2.39. The first-order valence-corrected chi connectivity index (χ1v) is 5.21. The van der Waals surface area contributed by atoms with Crippen LogP contribution in [0.25, 0.3) is 0 Å². The lowest BCUT2D eigenvalue weighted by atomic mass is 10.0. The molecule has 14 heavy (non-hydrogen) atoms. The molecule has 1 aromatic carbocycles. The summed E-state index contributed by atoms with van der Waals surface area (Å²) >= 11 is 11.4. The maximum Gasteiger partial charge on any atom is 0.129 e. The summed E-state index contributed by atoms with van der Waals surface area (Å²) in [6.07, 6.45) is 1.63. The third kappa shape index (κ3) is 2.59. The Bertz CT molecular complexity index is 328. The van der Waals surface area contributed by atoms with Crippen LogP contribution >= 0.6 is 23.2 Å². The normalized spacial score (nSPS) is 12.9. The molecule has 0 bridgehead atoms. The molecule has 2 N–H and O–H groups in total. The SMILES string of the molecule is CCCC(N)c1cc(Cl)c(Cl)cc1F. The predicted octanol–water partition coefficient (Wildman–Crippen LogP) is 3.93. The predicted molar refractivity (Wildman–Crippen MR) is 58.3 cm³/mol. The van der Waals surface area contributed by atoms with Crippen molar-refractivity contribution < 1.29 is 4.39 Å². The second-order valence-electron chi connectivity index (χ2n) is 3.18. The van der Waals surface area contributed by atoms with Gasteiger partial charge in [0.25, 0.3) is 0 Å². The lowest BCUT2D eigenvalue weighted by Crippen LogP contribution is -2.11. The molecule has 0 aliphatic rings. The molecule has 0 spiro atoms. The van der Waals surface area contributed by atoms with Crippen LogP contribution < -0.4 is 5.73 Å². The van der Waals surface area contributed by atoms with Crippen LogP contribution in [0.5, 0.6) is 0 Å². The first-order chi connectivity index (χ1) is 6.56. The van der Waals surface area contributed by atoms with E-state index in [4.69, 9.17) is 28.9 Å². The Morgan fingerprint density at radius 1 is 1.36 bits per heavy atom. The average Bonchev–Trinajstić information content (AvgIpc) is 2.11. The van der Waals surface area contributed by atoms with Crippen molar-refractivity contribution in [2.75, 3.05) is 0 Å². The van der Waals surface area contributed by atoms with Crippen LogP contribution in [0, 0.1) is 5.82 Å². The molecule has 78 valence electrons. The maximum atomic E-state index is 13.4. The molecule has 0 aliphatic carbocycles. The summed E-state index contributed by atoms with van der Waals surface area (Å²) in [5.74, 6) is -0.389. The molecule has 1 atom stereocenters. The van der Waals surface area contributed by atoms with Crippen LogP contribution in [0.1, 0.15) is 31.4 Å². The van der Waals surface area contributed by atoms with Crippen LogP contribution in [0.4, 0.5) is 4.39 Å². The van der Waals surface area contributed by atoms with Crippen molar-refractivity contribution in [3.63, 3.8) is 0 Å². The smallest absolute Gasteiger partial charge is 0.129 e. The number of benzene rings is 1. The van der Waals surface area contributed by atoms with E-state index in [9.17, 15) is 4.39 Å². The highest BCUT2D eigenvalue weighted by Crippen LogP contribution is 2.28. The van der Waals surface area contributed by atoms with Crippen LogP contribution in [-0.2, 0) is 0 Å². The Kier molecular flexibility index (Phi) is 4.17. The van der Waals surface area contributed by atoms with Gasteiger partial charge < -0.3 is 5.73 Å². The van der Waals surface area contributed by atoms with E-state index in [0.717, 1.165) is 12.8 Å². The molecule has 1 rings (SSSR count). The van der Waals surface area contributed by atoms with Gasteiger partial charge in [-0.3, -0.25) is 0 Å². The molecule has 0 aliphatic heterocycles. The van der Waals surface area contributed by atoms with E-state index in [1.165, 1.54) is 12.1 Å². The van der Waals surface area contributed by atoms with Gasteiger partial charge >= 0.3 is 0 Å². The van der Waals surface area contributed by atoms with Crippen LogP contribution in [0.15, 0.2) is 12.1 Å². The van der Waals surface area contributed by atoms with Gasteiger partial charge in [-0.1, -0.05) is 36.5 Å². The summed E-state index contributed by atoms with van der Waals surface area (Å²) < 4.78 is 13.4. The average molecular weight is 236 g/mol. The van der Waals surface area contributed by atoms with Gasteiger partial charge in [-0.2, -0.15) is 0 Å². The second kappa shape index (κ2) is 4.96. The van der Waals surface area contributed by atoms with Crippen molar-refractivity contribution in [2.24, 2.45) is 5.73 Å². The van der Waals surface area contributed by atoms with Gasteiger partial charge in [-0.15, -0.1) is 0 Å². The highest BCUT2D eigenvalue weighted by Gasteiger charge is 2.13. The highest BCUT2D eigenvalue weighted by atomic mass is 35.5. The number of hydrogen-bond donors (Lipinski definition) is 1. The van der Waals surface area contributed by atoms with Gasteiger partial charge in [-0.05, 0) is 18.6 Å². The second-order valence-corrected chi connectivity index (χ2v) is 4.00. The van der Waals surface area contributed by atoms with E-state index < -0.39 is 0 Å². The van der Waals surface area contributed by atoms with Gasteiger partial charge in [0.15, 0.2) is 0 Å². The summed E-state index contributed by atoms with van der Waals surface area (Å²) in [4.78, 5) is 0. The summed E-state index contributed by atoms with van der Waals surface area (Å²) in [5, 5.41) is 0.561. The molecule has 1 unspecified atom stereocenters. The molecule has 0 saturated heterocycles. The Balaban J connectivity index is 3.02. The molecule has 0 saturated carbocycles. The zero-order valence-electron chi connectivity index (χ0n) is 7.86. The zero-order chi connectivity index (χ0) is 10.7. The number of rotatable bonds is 3. The van der Waals surface area contributed by atoms with E-state index in [1.54, 1.807) is 0 Å². The third-order valence-corrected chi connectivity index (χ3v) is 2.76. The molecule has 1 nitrogen and oxygen atoms in total. The Labute approximate surface area is 93.0 Å². The van der Waals surface area contributed by atoms with Gasteiger partial charge in [0, 0.05) is 11.6 Å². The van der Waals surface area contributed by atoms with E-state index in [-0.39, 0.29) is 16.9 Å². The fourth-order valence-corrected chi connectivity index (χ4v) is 1.61. The monoisotopic (exact) mass is 235 g/mol. The minimum Gasteiger partial charge on any atom is -0.324 e. The first-order valence-electron chi connectivity index (χ1n) is 4.46. The molecule has 0 aromatic heterocycles. The molecular weight excluding hydrogens is 224 g/mol. The zero-order valence-corrected chi connectivity index (χ0v) is 9.37. The van der Waals surface area contributed by atoms with Crippen LogP contribution in [0.2, 0.25) is 10.0 Å². The topological polar surface area (TPSA) is 26.0 Å². The van der Waals surface area contributed by atoms with E-state index in [0.29, 0.717) is 10.6 Å². The van der Waals surface area contributed by atoms with Crippen molar-refractivity contribution >= 4 is 23.2 Å². The van der Waals surface area contributed by atoms with Crippen molar-refractivity contribution in [1.82, 2.24) is 0 Å². The molecule has 1 aromatic rings. The number of nitrogens with two attached hydrogens (primary N) is 1. The van der Waals surface area contributed by atoms with E-state index >= 15 is 0 Å². The summed E-state index contributed by atoms with van der Waals surface area (Å²) in [6.45, 7) is 2.00. The van der Waals surface area contributed by atoms with Gasteiger partial charge in [0.2, 0.25) is 0 Å². The van der Waals surface area contributed by atoms with Crippen LogP contribution in [0.3, 0.4) is 0 Å². The minimum absolute atomic E-state index is 0.219. The lowest BCUT2D eigenvalue weighted by molar-refractivity contribution is 0.560. The largest absolute Gasteiger partial charge is 0.324 e. The van der Waals surface area contributed by atoms with Crippen LogP contribution in [-0.4, -0.2) is 0 Å². The van der Waals surface area contributed by atoms with Crippen molar-refractivity contribution in [2.45, 2.75) is 25.8 Å². The highest BCUT2D eigenvalue weighted by molar-refractivity contribution is 6.42.